The van der Waals surface area contributed by atoms with Crippen molar-refractivity contribution in [2.75, 3.05) is 0 Å². The molecule has 1 saturated heterocycles. The predicted octanol–water partition coefficient (Wildman–Crippen LogP) is 1.97. The van der Waals surface area contributed by atoms with Crippen molar-refractivity contribution in [1.29, 1.82) is 0 Å². The van der Waals surface area contributed by atoms with Gasteiger partial charge in [0.05, 0.1) is 10.4 Å². The van der Waals surface area contributed by atoms with E-state index in [2.05, 4.69) is 15.9 Å². The Morgan fingerprint density at radius 3 is 2.38 bits per heavy atom. The van der Waals surface area contributed by atoms with Gasteiger partial charge in [-0.3, -0.25) is 4.79 Å². The Labute approximate surface area is 87.2 Å². The Balaban J connectivity index is 3.03. The van der Waals surface area contributed by atoms with Crippen molar-refractivity contribution >= 4 is 21.7 Å². The van der Waals surface area contributed by atoms with Gasteiger partial charge in [0.15, 0.2) is 0 Å². The molecule has 1 rings (SSSR count). The Hall–Kier alpha value is 0.0700. The number of nitrogens with zero attached hydrogens (tertiary/aromatic N) is 1. The zero-order valence-corrected chi connectivity index (χ0v) is 10.1. The third-order valence-electron chi connectivity index (χ3n) is 2.63. The van der Waals surface area contributed by atoms with Gasteiger partial charge in [-0.25, -0.2) is 0 Å². The van der Waals surface area contributed by atoms with Crippen LogP contribution in [0.15, 0.2) is 0 Å². The summed E-state index contributed by atoms with van der Waals surface area (Å²) in [4.78, 5) is 11.3. The highest BCUT2D eigenvalue weighted by molar-refractivity contribution is 9.10. The van der Waals surface area contributed by atoms with E-state index in [-0.39, 0.29) is 10.6 Å². The molecule has 1 unspecified atom stereocenters. The minimum atomic E-state index is -0.543. The monoisotopic (exact) mass is 249 g/mol. The van der Waals surface area contributed by atoms with Crippen molar-refractivity contribution in [3.05, 3.63) is 0 Å². The smallest absolute Gasteiger partial charge is 0.150 e. The lowest BCUT2D eigenvalue weighted by atomic mass is 9.81. The second-order valence-corrected chi connectivity index (χ2v) is 5.70. The molecule has 1 N–H and O–H groups in total. The summed E-state index contributed by atoms with van der Waals surface area (Å²) in [5.74, 6) is 0.153. The molecule has 76 valence electrons. The van der Waals surface area contributed by atoms with E-state index in [0.29, 0.717) is 6.42 Å². The molecule has 4 heteroatoms. The summed E-state index contributed by atoms with van der Waals surface area (Å²) < 4.78 is 0. The summed E-state index contributed by atoms with van der Waals surface area (Å²) in [5.41, 5.74) is -1.01. The summed E-state index contributed by atoms with van der Waals surface area (Å²) in [5, 5.41) is 11.2. The van der Waals surface area contributed by atoms with Crippen LogP contribution in [0.3, 0.4) is 0 Å². The van der Waals surface area contributed by atoms with Crippen LogP contribution >= 0.6 is 15.9 Å². The molecule has 0 aliphatic carbocycles. The molecule has 0 aromatic heterocycles. The number of Topliss-reactive ketones (excluding diaryl/α,β-unsaturated/α-hetero) is 1. The van der Waals surface area contributed by atoms with E-state index < -0.39 is 11.1 Å². The fourth-order valence-electron chi connectivity index (χ4n) is 1.87. The van der Waals surface area contributed by atoms with Crippen LogP contribution in [0.25, 0.3) is 0 Å². The Bertz CT molecular complexity index is 238. The van der Waals surface area contributed by atoms with Crippen molar-refractivity contribution in [2.45, 2.75) is 50.0 Å². The lowest BCUT2D eigenvalue weighted by Gasteiger charge is -2.50. The van der Waals surface area contributed by atoms with Crippen molar-refractivity contribution in [2.24, 2.45) is 0 Å². The molecule has 1 aliphatic rings. The van der Waals surface area contributed by atoms with Crippen LogP contribution in [0.2, 0.25) is 0 Å². The van der Waals surface area contributed by atoms with Gasteiger partial charge in [-0.05, 0) is 27.7 Å². The van der Waals surface area contributed by atoms with Gasteiger partial charge in [0.2, 0.25) is 0 Å². The molecule has 0 radical (unpaired) electrons. The highest BCUT2D eigenvalue weighted by Crippen LogP contribution is 2.38. The number of ketones is 1. The van der Waals surface area contributed by atoms with Gasteiger partial charge in [-0.2, -0.15) is 5.06 Å². The minimum Gasteiger partial charge on any atom is -0.313 e. The first kappa shape index (κ1) is 11.1. The van der Waals surface area contributed by atoms with Crippen LogP contribution in [0.4, 0.5) is 0 Å². The molecule has 1 fully saturated rings. The first-order valence-electron chi connectivity index (χ1n) is 4.35. The van der Waals surface area contributed by atoms with Crippen LogP contribution in [0, 0.1) is 0 Å². The SMILES string of the molecule is CC1(C)CC(=O)C(Br)C(C)(C)N1O. The van der Waals surface area contributed by atoms with Gasteiger partial charge in [-0.15, -0.1) is 0 Å². The normalized spacial score (nSPS) is 33.4. The molecule has 0 spiro atoms. The molecule has 1 heterocycles. The third kappa shape index (κ3) is 1.67. The second kappa shape index (κ2) is 3.04. The predicted molar refractivity (Wildman–Crippen MR) is 54.1 cm³/mol. The molecule has 1 aliphatic heterocycles. The standard InChI is InChI=1S/C9H16BrNO2/c1-8(2)5-6(12)7(10)9(3,4)11(8)13/h7,13H,5H2,1-4H3. The van der Waals surface area contributed by atoms with Crippen molar-refractivity contribution < 1.29 is 10.0 Å². The van der Waals surface area contributed by atoms with Gasteiger partial charge in [0.1, 0.15) is 5.78 Å². The van der Waals surface area contributed by atoms with E-state index in [0.717, 1.165) is 0 Å². The van der Waals surface area contributed by atoms with Crippen LogP contribution in [-0.4, -0.2) is 32.0 Å². The average Bonchev–Trinajstić information content (AvgIpc) is 1.98. The maximum atomic E-state index is 11.6. The van der Waals surface area contributed by atoms with E-state index in [1.807, 2.05) is 27.7 Å². The van der Waals surface area contributed by atoms with Crippen molar-refractivity contribution in [3.8, 4) is 0 Å². The lowest BCUT2D eigenvalue weighted by molar-refractivity contribution is -0.234. The van der Waals surface area contributed by atoms with Crippen LogP contribution in [-0.2, 0) is 4.79 Å². The van der Waals surface area contributed by atoms with E-state index in [9.17, 15) is 10.0 Å². The fraction of sp³-hybridized carbons (Fsp3) is 0.889. The molecule has 0 amide bonds. The Kier molecular flexibility index (Phi) is 2.60. The number of halogens is 1. The lowest BCUT2D eigenvalue weighted by Crippen LogP contribution is -2.64. The molecule has 1 atom stereocenters. The quantitative estimate of drug-likeness (QED) is 0.668. The van der Waals surface area contributed by atoms with E-state index in [4.69, 9.17) is 0 Å². The topological polar surface area (TPSA) is 40.5 Å². The number of hydrogen-bond donors (Lipinski definition) is 1. The number of carbonyl (C=O) groups is 1. The molecule has 3 nitrogen and oxygen atoms in total. The third-order valence-corrected chi connectivity index (χ3v) is 4.26. The average molecular weight is 250 g/mol. The van der Waals surface area contributed by atoms with Crippen molar-refractivity contribution in [1.82, 2.24) is 5.06 Å². The maximum absolute atomic E-state index is 11.6. The van der Waals surface area contributed by atoms with E-state index >= 15 is 0 Å². The molecule has 0 aromatic carbocycles. The van der Waals surface area contributed by atoms with Crippen LogP contribution in [0.5, 0.6) is 0 Å². The molecular formula is C9H16BrNO2. The molecule has 0 saturated carbocycles. The zero-order valence-electron chi connectivity index (χ0n) is 8.47. The summed E-state index contributed by atoms with van der Waals surface area (Å²) >= 11 is 3.32. The highest BCUT2D eigenvalue weighted by Gasteiger charge is 2.50. The molecule has 0 aromatic rings. The van der Waals surface area contributed by atoms with Gasteiger partial charge in [0.25, 0.3) is 0 Å². The number of hydroxylamine groups is 2. The van der Waals surface area contributed by atoms with Crippen LogP contribution in [0.1, 0.15) is 34.1 Å². The first-order valence-corrected chi connectivity index (χ1v) is 5.27. The maximum Gasteiger partial charge on any atom is 0.150 e. The van der Waals surface area contributed by atoms with E-state index in [1.165, 1.54) is 5.06 Å². The largest absolute Gasteiger partial charge is 0.313 e. The number of rotatable bonds is 0. The molecule has 0 bridgehead atoms. The van der Waals surface area contributed by atoms with Gasteiger partial charge in [0, 0.05) is 12.0 Å². The van der Waals surface area contributed by atoms with Gasteiger partial charge in [-0.1, -0.05) is 15.9 Å². The number of alkyl halides is 1. The van der Waals surface area contributed by atoms with Crippen molar-refractivity contribution in [3.63, 3.8) is 0 Å². The van der Waals surface area contributed by atoms with E-state index in [1.54, 1.807) is 0 Å². The highest BCUT2D eigenvalue weighted by atomic mass is 79.9. The molecule has 13 heavy (non-hydrogen) atoms. The second-order valence-electron chi connectivity index (χ2n) is 4.78. The first-order chi connectivity index (χ1) is 5.69. The summed E-state index contributed by atoms with van der Waals surface area (Å²) in [6.45, 7) is 7.44. The number of carbonyl (C=O) groups excluding carboxylic acids is 1. The zero-order chi connectivity index (χ0) is 10.4. The Morgan fingerprint density at radius 1 is 1.46 bits per heavy atom. The summed E-state index contributed by atoms with van der Waals surface area (Å²) in [7, 11) is 0. The fourth-order valence-corrected chi connectivity index (χ4v) is 2.23. The summed E-state index contributed by atoms with van der Waals surface area (Å²) in [6, 6.07) is 0. The molecular weight excluding hydrogens is 234 g/mol. The van der Waals surface area contributed by atoms with Gasteiger partial charge >= 0.3 is 0 Å². The van der Waals surface area contributed by atoms with Gasteiger partial charge < -0.3 is 5.21 Å². The Morgan fingerprint density at radius 2 is 1.92 bits per heavy atom. The summed E-state index contributed by atoms with van der Waals surface area (Å²) in [6.07, 6.45) is 0.378. The number of piperidine rings is 1. The van der Waals surface area contributed by atoms with Crippen LogP contribution < -0.4 is 0 Å². The minimum absolute atomic E-state index is 0.153. The number of hydrogen-bond acceptors (Lipinski definition) is 3.